The summed E-state index contributed by atoms with van der Waals surface area (Å²) < 4.78 is 11.5. The first-order valence-corrected chi connectivity index (χ1v) is 6.82. The van der Waals surface area contributed by atoms with Gasteiger partial charge in [0.15, 0.2) is 0 Å². The molecule has 1 heterocycles. The van der Waals surface area contributed by atoms with Crippen molar-refractivity contribution in [3.05, 3.63) is 12.7 Å². The molecule has 3 atom stereocenters. The molecule has 0 aromatic heterocycles. The van der Waals surface area contributed by atoms with Gasteiger partial charge < -0.3 is 9.47 Å². The van der Waals surface area contributed by atoms with Gasteiger partial charge in [0.05, 0.1) is 12.1 Å². The maximum Gasteiger partial charge on any atom is 0.412 e. The average Bonchev–Trinajstić information content (AvgIpc) is 2.45. The minimum absolute atomic E-state index is 0.0437. The van der Waals surface area contributed by atoms with Gasteiger partial charge in [-0.25, -0.2) is 4.79 Å². The molecule has 0 aromatic rings. The third-order valence-electron chi connectivity index (χ3n) is 3.37. The van der Waals surface area contributed by atoms with Crippen LogP contribution in [0.15, 0.2) is 12.7 Å². The van der Waals surface area contributed by atoms with Gasteiger partial charge in [-0.3, -0.25) is 4.90 Å². The summed E-state index contributed by atoms with van der Waals surface area (Å²) in [7, 11) is 0. The Kier molecular flexibility index (Phi) is 4.35. The van der Waals surface area contributed by atoms with Crippen LogP contribution in [0, 0.1) is 5.92 Å². The molecule has 0 N–H and O–H groups in total. The highest BCUT2D eigenvalue weighted by Crippen LogP contribution is 2.36. The first-order chi connectivity index (χ1) is 8.49. The summed E-state index contributed by atoms with van der Waals surface area (Å²) in [5.41, 5.74) is -1.17. The Bertz CT molecular complexity index is 357. The molecule has 1 rings (SSSR count). The van der Waals surface area contributed by atoms with E-state index in [0.29, 0.717) is 0 Å². The van der Waals surface area contributed by atoms with Crippen LogP contribution >= 0.6 is 0 Å². The number of carbonyl (C=O) groups excluding carboxylic acids is 1. The lowest BCUT2D eigenvalue weighted by Gasteiger charge is -2.34. The zero-order valence-electron chi connectivity index (χ0n) is 13.2. The normalized spacial score (nSPS) is 28.1. The highest BCUT2D eigenvalue weighted by atomic mass is 16.6. The lowest BCUT2D eigenvalue weighted by atomic mass is 9.99. The number of hydrogen-bond donors (Lipinski definition) is 0. The van der Waals surface area contributed by atoms with E-state index in [-0.39, 0.29) is 24.2 Å². The second-order valence-electron chi connectivity index (χ2n) is 6.71. The molecule has 1 aliphatic rings. The second-order valence-corrected chi connectivity index (χ2v) is 6.71. The number of hydrogen-bond acceptors (Lipinski definition) is 3. The fourth-order valence-electron chi connectivity index (χ4n) is 2.50. The van der Waals surface area contributed by atoms with Crippen LogP contribution in [0.3, 0.4) is 0 Å². The average molecular weight is 269 g/mol. The molecule has 1 amide bonds. The summed E-state index contributed by atoms with van der Waals surface area (Å²) in [6.45, 7) is 17.2. The topological polar surface area (TPSA) is 38.8 Å². The molecule has 0 saturated carbocycles. The number of rotatable bonds is 2. The van der Waals surface area contributed by atoms with Crippen molar-refractivity contribution < 1.29 is 14.3 Å². The molecule has 1 fully saturated rings. The van der Waals surface area contributed by atoms with Crippen LogP contribution < -0.4 is 0 Å². The fourth-order valence-corrected chi connectivity index (χ4v) is 2.50. The Labute approximate surface area is 116 Å². The number of carbonyl (C=O) groups is 1. The van der Waals surface area contributed by atoms with E-state index in [9.17, 15) is 4.79 Å². The van der Waals surface area contributed by atoms with E-state index in [1.54, 1.807) is 4.90 Å². The summed E-state index contributed by atoms with van der Waals surface area (Å²) in [6, 6.07) is -0.0437. The molecule has 0 spiro atoms. The predicted octanol–water partition coefficient (Wildman–Crippen LogP) is 3.57. The number of nitrogens with zero attached hydrogens (tertiary/aromatic N) is 1. The van der Waals surface area contributed by atoms with Crippen LogP contribution in [-0.2, 0) is 9.47 Å². The van der Waals surface area contributed by atoms with Gasteiger partial charge in [0.2, 0.25) is 0 Å². The standard InChI is InChI=1S/C15H27NO3/c1-9-10(2)12-11(3)16(15(7,8)18-12)13(17)19-14(4,5)6/h9-12H,1H2,2-8H3/t10-,11+,12-/m0/s1. The molecular formula is C15H27NO3. The summed E-state index contributed by atoms with van der Waals surface area (Å²) >= 11 is 0. The third-order valence-corrected chi connectivity index (χ3v) is 3.37. The zero-order chi connectivity index (χ0) is 15.0. The minimum atomic E-state index is -0.663. The van der Waals surface area contributed by atoms with E-state index in [1.807, 2.05) is 54.5 Å². The largest absolute Gasteiger partial charge is 0.444 e. The second kappa shape index (κ2) is 5.16. The zero-order valence-corrected chi connectivity index (χ0v) is 13.2. The summed E-state index contributed by atoms with van der Waals surface area (Å²) in [5, 5.41) is 0. The first-order valence-electron chi connectivity index (χ1n) is 6.82. The van der Waals surface area contributed by atoms with Crippen molar-refractivity contribution in [2.75, 3.05) is 0 Å². The SMILES string of the molecule is C=C[C@H](C)[C@@H]1OC(C)(C)N(C(=O)OC(C)(C)C)[C@@H]1C. The molecule has 0 bridgehead atoms. The third kappa shape index (κ3) is 3.50. The van der Waals surface area contributed by atoms with E-state index < -0.39 is 11.3 Å². The Balaban J connectivity index is 2.93. The van der Waals surface area contributed by atoms with E-state index in [1.165, 1.54) is 0 Å². The highest BCUT2D eigenvalue weighted by molar-refractivity contribution is 5.69. The highest BCUT2D eigenvalue weighted by Gasteiger charge is 2.50. The van der Waals surface area contributed by atoms with Crippen LogP contribution in [0.5, 0.6) is 0 Å². The fraction of sp³-hybridized carbons (Fsp3) is 0.800. The Morgan fingerprint density at radius 2 is 2.00 bits per heavy atom. The van der Waals surface area contributed by atoms with Crippen molar-refractivity contribution in [2.45, 2.75) is 71.9 Å². The van der Waals surface area contributed by atoms with E-state index in [0.717, 1.165) is 0 Å². The van der Waals surface area contributed by atoms with Crippen molar-refractivity contribution >= 4 is 6.09 Å². The van der Waals surface area contributed by atoms with Crippen molar-refractivity contribution in [1.29, 1.82) is 0 Å². The first kappa shape index (κ1) is 16.0. The summed E-state index contributed by atoms with van der Waals surface area (Å²) in [6.07, 6.45) is 1.47. The van der Waals surface area contributed by atoms with Crippen LogP contribution in [-0.4, -0.2) is 34.5 Å². The van der Waals surface area contributed by atoms with Crippen LogP contribution in [0.25, 0.3) is 0 Å². The molecule has 0 radical (unpaired) electrons. The maximum atomic E-state index is 12.3. The van der Waals surface area contributed by atoms with Crippen molar-refractivity contribution in [3.8, 4) is 0 Å². The Hall–Kier alpha value is -1.03. The molecule has 4 nitrogen and oxygen atoms in total. The van der Waals surface area contributed by atoms with Crippen molar-refractivity contribution in [3.63, 3.8) is 0 Å². The van der Waals surface area contributed by atoms with Crippen molar-refractivity contribution in [2.24, 2.45) is 5.92 Å². The molecule has 0 unspecified atom stereocenters. The van der Waals surface area contributed by atoms with Gasteiger partial charge in [0.1, 0.15) is 11.3 Å². The lowest BCUT2D eigenvalue weighted by molar-refractivity contribution is -0.0842. The van der Waals surface area contributed by atoms with Crippen LogP contribution in [0.1, 0.15) is 48.5 Å². The van der Waals surface area contributed by atoms with Gasteiger partial charge in [-0.05, 0) is 41.5 Å². The molecular weight excluding hydrogens is 242 g/mol. The molecule has 110 valence electrons. The minimum Gasteiger partial charge on any atom is -0.444 e. The molecule has 0 aliphatic carbocycles. The Morgan fingerprint density at radius 3 is 2.42 bits per heavy atom. The van der Waals surface area contributed by atoms with Gasteiger partial charge >= 0.3 is 6.09 Å². The molecule has 1 aliphatic heterocycles. The smallest absolute Gasteiger partial charge is 0.412 e. The molecule has 4 heteroatoms. The molecule has 19 heavy (non-hydrogen) atoms. The van der Waals surface area contributed by atoms with Gasteiger partial charge in [0.25, 0.3) is 0 Å². The van der Waals surface area contributed by atoms with Gasteiger partial charge in [-0.1, -0.05) is 13.0 Å². The van der Waals surface area contributed by atoms with E-state index in [4.69, 9.17) is 9.47 Å². The van der Waals surface area contributed by atoms with Crippen LogP contribution in [0.4, 0.5) is 4.79 Å². The Morgan fingerprint density at radius 1 is 1.47 bits per heavy atom. The predicted molar refractivity (Wildman–Crippen MR) is 75.8 cm³/mol. The van der Waals surface area contributed by atoms with E-state index >= 15 is 0 Å². The van der Waals surface area contributed by atoms with Gasteiger partial charge in [0, 0.05) is 5.92 Å². The van der Waals surface area contributed by atoms with Gasteiger partial charge in [-0.2, -0.15) is 0 Å². The lowest BCUT2D eigenvalue weighted by Crippen LogP contribution is -2.49. The summed E-state index contributed by atoms with van der Waals surface area (Å²) in [5.74, 6) is 0.182. The summed E-state index contributed by atoms with van der Waals surface area (Å²) in [4.78, 5) is 14.0. The number of ether oxygens (including phenoxy) is 2. The molecule has 1 saturated heterocycles. The van der Waals surface area contributed by atoms with Crippen LogP contribution in [0.2, 0.25) is 0 Å². The maximum absolute atomic E-state index is 12.3. The molecule has 0 aromatic carbocycles. The van der Waals surface area contributed by atoms with E-state index in [2.05, 4.69) is 6.58 Å². The van der Waals surface area contributed by atoms with Crippen molar-refractivity contribution in [1.82, 2.24) is 4.90 Å². The monoisotopic (exact) mass is 269 g/mol. The quantitative estimate of drug-likeness (QED) is 0.719. The number of amides is 1. The van der Waals surface area contributed by atoms with Gasteiger partial charge in [-0.15, -0.1) is 6.58 Å².